The van der Waals surface area contributed by atoms with E-state index in [2.05, 4.69) is 22.2 Å². The van der Waals surface area contributed by atoms with Crippen molar-refractivity contribution in [1.29, 1.82) is 5.41 Å². The number of nitrogen functional groups attached to an aromatic ring is 1. The number of benzene rings is 2. The van der Waals surface area contributed by atoms with Gasteiger partial charge in [-0.25, -0.2) is 9.78 Å². The van der Waals surface area contributed by atoms with Crippen LogP contribution in [-0.4, -0.2) is 66.7 Å². The molecule has 13 heteroatoms. The van der Waals surface area contributed by atoms with Crippen molar-refractivity contribution in [3.8, 4) is 16.9 Å². The first kappa shape index (κ1) is 33.8. The lowest BCUT2D eigenvalue weighted by Crippen LogP contribution is -2.27. The van der Waals surface area contributed by atoms with Crippen LogP contribution in [0.25, 0.3) is 17.2 Å². The molecule has 1 aliphatic carbocycles. The van der Waals surface area contributed by atoms with Crippen molar-refractivity contribution >= 4 is 35.4 Å². The quantitative estimate of drug-likeness (QED) is 0.0710. The number of aliphatic hydroxyl groups is 1. The van der Waals surface area contributed by atoms with E-state index in [-0.39, 0.29) is 40.0 Å². The maximum absolute atomic E-state index is 13.7. The van der Waals surface area contributed by atoms with Gasteiger partial charge in [0.2, 0.25) is 0 Å². The van der Waals surface area contributed by atoms with Crippen molar-refractivity contribution in [3.05, 3.63) is 83.2 Å². The minimum Gasteiger partial charge on any atom is -0.496 e. The molecule has 1 heterocycles. The smallest absolute Gasteiger partial charge is 0.359 e. The molecule has 3 aromatic rings. The van der Waals surface area contributed by atoms with Gasteiger partial charge in [0.1, 0.15) is 17.3 Å². The van der Waals surface area contributed by atoms with Gasteiger partial charge in [0.15, 0.2) is 12.5 Å². The van der Waals surface area contributed by atoms with Gasteiger partial charge >= 0.3 is 5.97 Å². The minimum absolute atomic E-state index is 0.0355. The molecule has 1 saturated carbocycles. The number of esters is 1. The van der Waals surface area contributed by atoms with Crippen molar-refractivity contribution in [2.24, 2.45) is 11.7 Å². The third-order valence-electron chi connectivity index (χ3n) is 6.94. The number of pyridine rings is 1. The third kappa shape index (κ3) is 8.75. The van der Waals surface area contributed by atoms with Crippen molar-refractivity contribution in [1.82, 2.24) is 10.3 Å². The van der Waals surface area contributed by atoms with E-state index in [0.717, 1.165) is 12.8 Å². The van der Waals surface area contributed by atoms with Crippen LogP contribution < -0.4 is 21.1 Å². The molecule has 1 aromatic heterocycles. The van der Waals surface area contributed by atoms with Gasteiger partial charge in [0.25, 0.3) is 18.3 Å². The molecule has 2 aromatic carbocycles. The second-order valence-electron chi connectivity index (χ2n) is 10.7. The molecule has 13 nitrogen and oxygen atoms in total. The number of aromatic nitrogens is 1. The standard InChI is InChI=1S/C33H37N5O8/c1-5-20-14-25(30(39)37-22-10-8-21(9-11-22)29(34)35)24(15-27(20)43-4)23-12-13-26(31(40)36-16-19-6-7-19)38-28(23)32(41)44-17-45-33(42)46-18(2)3/h5,8-15,18-19,33,42H,1,6-7,16-17H2,2-4H3,(H3,34,35)(H,36,40)(H,37,39). The number of hydrogen-bond acceptors (Lipinski definition) is 10. The molecule has 46 heavy (non-hydrogen) atoms. The number of methoxy groups -OCH3 is 1. The summed E-state index contributed by atoms with van der Waals surface area (Å²) in [5.74, 6) is -1.35. The summed E-state index contributed by atoms with van der Waals surface area (Å²) in [6.45, 7) is 5.35. The molecule has 0 spiro atoms. The van der Waals surface area contributed by atoms with E-state index in [0.29, 0.717) is 35.0 Å². The largest absolute Gasteiger partial charge is 0.496 e. The maximum atomic E-state index is 13.7. The molecule has 0 saturated heterocycles. The topological polar surface area (TPSA) is 195 Å². The third-order valence-corrected chi connectivity index (χ3v) is 6.94. The molecule has 0 aliphatic heterocycles. The summed E-state index contributed by atoms with van der Waals surface area (Å²) in [7, 11) is 1.45. The average Bonchev–Trinajstić information content (AvgIpc) is 3.87. The number of aliphatic hydroxyl groups excluding tert-OH is 1. The SMILES string of the molecule is C=Cc1cc(C(=O)Nc2ccc(C(=N)N)cc2)c(-c2ccc(C(=O)NCC3CC3)nc2C(=O)OCOC(O)OC(C)C)cc1OC. The fourth-order valence-corrected chi connectivity index (χ4v) is 4.37. The number of anilines is 1. The molecule has 242 valence electrons. The molecule has 2 amide bonds. The van der Waals surface area contributed by atoms with E-state index in [1.165, 1.54) is 25.3 Å². The lowest BCUT2D eigenvalue weighted by atomic mass is 9.94. The highest BCUT2D eigenvalue weighted by atomic mass is 16.8. The molecule has 4 rings (SSSR count). The Morgan fingerprint density at radius 3 is 2.43 bits per heavy atom. The van der Waals surface area contributed by atoms with Gasteiger partial charge in [0, 0.05) is 40.0 Å². The fourth-order valence-electron chi connectivity index (χ4n) is 4.37. The van der Waals surface area contributed by atoms with Crippen LogP contribution in [0.3, 0.4) is 0 Å². The number of ether oxygens (including phenoxy) is 4. The monoisotopic (exact) mass is 631 g/mol. The van der Waals surface area contributed by atoms with E-state index in [9.17, 15) is 19.5 Å². The van der Waals surface area contributed by atoms with E-state index in [1.54, 1.807) is 50.2 Å². The average molecular weight is 632 g/mol. The van der Waals surface area contributed by atoms with E-state index < -0.39 is 31.1 Å². The van der Waals surface area contributed by atoms with Crippen LogP contribution in [0.4, 0.5) is 5.69 Å². The molecule has 1 atom stereocenters. The van der Waals surface area contributed by atoms with Crippen LogP contribution in [0.2, 0.25) is 0 Å². The van der Waals surface area contributed by atoms with E-state index in [1.807, 2.05) is 0 Å². The second kappa shape index (κ2) is 15.3. The number of nitrogens with two attached hydrogens (primary N) is 1. The number of nitrogens with one attached hydrogen (secondary N) is 3. The van der Waals surface area contributed by atoms with Crippen molar-refractivity contribution in [3.63, 3.8) is 0 Å². The summed E-state index contributed by atoms with van der Waals surface area (Å²) >= 11 is 0. The van der Waals surface area contributed by atoms with Crippen LogP contribution in [0.1, 0.15) is 69.2 Å². The van der Waals surface area contributed by atoms with Crippen molar-refractivity contribution < 1.29 is 38.4 Å². The Balaban J connectivity index is 1.74. The molecule has 1 fully saturated rings. The van der Waals surface area contributed by atoms with Gasteiger partial charge in [-0.2, -0.15) is 0 Å². The van der Waals surface area contributed by atoms with Gasteiger partial charge < -0.3 is 35.7 Å². The zero-order valence-corrected chi connectivity index (χ0v) is 25.8. The van der Waals surface area contributed by atoms with Crippen LogP contribution in [0, 0.1) is 11.3 Å². The maximum Gasteiger partial charge on any atom is 0.359 e. The summed E-state index contributed by atoms with van der Waals surface area (Å²) in [5, 5.41) is 23.1. The highest BCUT2D eigenvalue weighted by Crippen LogP contribution is 2.35. The van der Waals surface area contributed by atoms with E-state index in [4.69, 9.17) is 30.1 Å². The molecule has 6 N–H and O–H groups in total. The molecule has 1 unspecified atom stereocenters. The normalized spacial score (nSPS) is 13.1. The summed E-state index contributed by atoms with van der Waals surface area (Å²) in [5.41, 5.74) is 7.18. The van der Waals surface area contributed by atoms with Crippen LogP contribution in [0.15, 0.2) is 55.1 Å². The Morgan fingerprint density at radius 2 is 1.83 bits per heavy atom. The van der Waals surface area contributed by atoms with Crippen LogP contribution in [0.5, 0.6) is 5.75 Å². The highest BCUT2D eigenvalue weighted by Gasteiger charge is 2.26. The lowest BCUT2D eigenvalue weighted by Gasteiger charge is -2.18. The first-order valence-corrected chi connectivity index (χ1v) is 14.5. The zero-order valence-electron chi connectivity index (χ0n) is 25.8. The Labute approximate surface area is 266 Å². The van der Waals surface area contributed by atoms with Crippen molar-refractivity contribution in [2.75, 3.05) is 25.8 Å². The summed E-state index contributed by atoms with van der Waals surface area (Å²) in [4.78, 5) is 44.4. The Morgan fingerprint density at radius 1 is 1.11 bits per heavy atom. The van der Waals surface area contributed by atoms with Crippen LogP contribution in [-0.2, 0) is 14.2 Å². The molecule has 0 bridgehead atoms. The Bertz CT molecular complexity index is 1620. The Hall–Kier alpha value is -5.11. The van der Waals surface area contributed by atoms with Gasteiger partial charge in [0.05, 0.1) is 13.2 Å². The number of carbonyl (C=O) groups excluding carboxylic acids is 3. The summed E-state index contributed by atoms with van der Waals surface area (Å²) < 4.78 is 20.9. The highest BCUT2D eigenvalue weighted by molar-refractivity contribution is 6.11. The minimum atomic E-state index is -1.64. The zero-order chi connectivity index (χ0) is 33.4. The predicted molar refractivity (Wildman–Crippen MR) is 170 cm³/mol. The van der Waals surface area contributed by atoms with Gasteiger partial charge in [-0.05, 0) is 81.1 Å². The van der Waals surface area contributed by atoms with Gasteiger partial charge in [-0.1, -0.05) is 12.7 Å². The number of nitrogens with zero attached hydrogens (tertiary/aromatic N) is 1. The first-order chi connectivity index (χ1) is 22.0. The molecule has 0 radical (unpaired) electrons. The lowest BCUT2D eigenvalue weighted by molar-refractivity contribution is -0.296. The Kier molecular flexibility index (Phi) is 11.2. The first-order valence-electron chi connectivity index (χ1n) is 14.5. The van der Waals surface area contributed by atoms with E-state index >= 15 is 0 Å². The summed E-state index contributed by atoms with van der Waals surface area (Å²) in [6, 6.07) is 12.4. The fraction of sp³-hybridized carbons (Fsp3) is 0.303. The predicted octanol–water partition coefficient (Wildman–Crippen LogP) is 3.91. The van der Waals surface area contributed by atoms with Crippen LogP contribution >= 0.6 is 0 Å². The molecular formula is C33H37N5O8. The number of amidine groups is 1. The number of hydrogen-bond donors (Lipinski definition) is 5. The molecule has 1 aliphatic rings. The van der Waals surface area contributed by atoms with Crippen molar-refractivity contribution in [2.45, 2.75) is 39.3 Å². The number of amides is 2. The summed E-state index contributed by atoms with van der Waals surface area (Å²) in [6.07, 6.45) is 3.23. The molecular weight excluding hydrogens is 594 g/mol. The second-order valence-corrected chi connectivity index (χ2v) is 10.7. The van der Waals surface area contributed by atoms with Gasteiger partial charge in [-0.15, -0.1) is 0 Å². The van der Waals surface area contributed by atoms with Gasteiger partial charge in [-0.3, -0.25) is 19.7 Å². The number of rotatable bonds is 15. The number of carbonyl (C=O) groups is 3.